The number of pyridine rings is 1. The van der Waals surface area contributed by atoms with Crippen molar-refractivity contribution in [3.63, 3.8) is 0 Å². The molecule has 3 aromatic rings. The van der Waals surface area contributed by atoms with Crippen LogP contribution in [0.3, 0.4) is 0 Å². The van der Waals surface area contributed by atoms with E-state index in [9.17, 15) is 9.59 Å². The Balaban J connectivity index is 0.871. The van der Waals surface area contributed by atoms with E-state index >= 15 is 0 Å². The molecule has 1 aromatic heterocycles. The van der Waals surface area contributed by atoms with E-state index in [1.165, 1.54) is 126 Å². The third kappa shape index (κ3) is 15.6. The molecule has 0 spiro atoms. The number of unbranched alkanes of at least 4 members (excludes halogenated alkanes) is 20. The largest absolute Gasteiger partial charge is 0.478 e. The maximum absolute atomic E-state index is 13.1. The highest BCUT2D eigenvalue weighted by molar-refractivity contribution is 6.13. The monoisotopic (exact) mass is 783 g/mol. The highest BCUT2D eigenvalue weighted by Crippen LogP contribution is 2.30. The fraction of sp³-hybridized carbons (Fsp3) is 0.653. The van der Waals surface area contributed by atoms with Crippen molar-refractivity contribution in [1.29, 1.82) is 0 Å². The number of piperazine rings is 1. The van der Waals surface area contributed by atoms with Crippen molar-refractivity contribution in [2.45, 2.75) is 161 Å². The van der Waals surface area contributed by atoms with Crippen LogP contribution in [0.2, 0.25) is 0 Å². The zero-order valence-electron chi connectivity index (χ0n) is 35.5. The van der Waals surface area contributed by atoms with E-state index in [4.69, 9.17) is 9.47 Å². The van der Waals surface area contributed by atoms with Crippen LogP contribution in [0.4, 0.5) is 16.3 Å². The third-order valence-electron chi connectivity index (χ3n) is 12.0. The van der Waals surface area contributed by atoms with Gasteiger partial charge in [0, 0.05) is 49.7 Å². The van der Waals surface area contributed by atoms with E-state index in [0.717, 1.165) is 75.3 Å². The highest BCUT2D eigenvalue weighted by Gasteiger charge is 2.32. The molecule has 0 unspecified atom stereocenters. The van der Waals surface area contributed by atoms with E-state index in [2.05, 4.69) is 64.2 Å². The second kappa shape index (κ2) is 26.4. The van der Waals surface area contributed by atoms with Crippen molar-refractivity contribution in [2.24, 2.45) is 0 Å². The molecular formula is C49H74N4O4. The molecule has 0 N–H and O–H groups in total. The number of benzene rings is 2. The average Bonchev–Trinajstić information content (AvgIpc) is 3.24. The molecule has 0 aliphatic carbocycles. The number of nitrogens with zero attached hydrogens (tertiary/aromatic N) is 4. The number of imide groups is 1. The van der Waals surface area contributed by atoms with Gasteiger partial charge in [-0.1, -0.05) is 165 Å². The summed E-state index contributed by atoms with van der Waals surface area (Å²) in [7, 11) is 0. The fourth-order valence-electron chi connectivity index (χ4n) is 8.48. The van der Waals surface area contributed by atoms with E-state index < -0.39 is 6.09 Å². The maximum atomic E-state index is 13.1. The van der Waals surface area contributed by atoms with E-state index in [-0.39, 0.29) is 12.3 Å². The lowest BCUT2D eigenvalue weighted by Crippen LogP contribution is -2.46. The standard InChI is InChI=1S/C49H74N4O4/c1-2-3-4-5-6-7-8-9-10-11-12-13-14-15-16-17-18-19-20-24-41-57-49(55)53-47(54)34-32-43-31-33-46(50-48(43)53)56-40-25-23-35-51-36-38-52(39-37-51)45-30-26-28-42-27-21-22-29-44(42)45/h21-22,26-31,33H,2-20,23-25,32,34-41H2,1H3. The minimum Gasteiger partial charge on any atom is -0.478 e. The zero-order chi connectivity index (χ0) is 39.8. The van der Waals surface area contributed by atoms with Crippen LogP contribution in [0.25, 0.3) is 10.8 Å². The number of carbonyl (C=O) groups is 2. The summed E-state index contributed by atoms with van der Waals surface area (Å²) in [5.74, 6) is 0.543. The van der Waals surface area contributed by atoms with Gasteiger partial charge in [0.2, 0.25) is 11.8 Å². The Bertz CT molecular complexity index is 1580. The summed E-state index contributed by atoms with van der Waals surface area (Å²) < 4.78 is 11.6. The molecule has 2 amide bonds. The summed E-state index contributed by atoms with van der Waals surface area (Å²) >= 11 is 0. The number of carbonyl (C=O) groups excluding carboxylic acids is 2. The molecule has 1 saturated heterocycles. The van der Waals surface area contributed by atoms with Crippen LogP contribution >= 0.6 is 0 Å². The average molecular weight is 783 g/mol. The molecule has 0 bridgehead atoms. The van der Waals surface area contributed by atoms with Crippen LogP contribution in [0.15, 0.2) is 54.6 Å². The summed E-state index contributed by atoms with van der Waals surface area (Å²) in [5.41, 5.74) is 2.21. The summed E-state index contributed by atoms with van der Waals surface area (Å²) in [6, 6.07) is 19.0. The molecule has 2 aliphatic heterocycles. The van der Waals surface area contributed by atoms with Crippen molar-refractivity contribution >= 4 is 34.3 Å². The first kappa shape index (κ1) is 44.5. The van der Waals surface area contributed by atoms with Gasteiger partial charge in [-0.2, -0.15) is 9.88 Å². The molecule has 5 rings (SSSR count). The molecule has 2 aromatic carbocycles. The Morgan fingerprint density at radius 3 is 1.84 bits per heavy atom. The lowest BCUT2D eigenvalue weighted by molar-refractivity contribution is -0.118. The van der Waals surface area contributed by atoms with Gasteiger partial charge in [0.15, 0.2) is 5.82 Å². The van der Waals surface area contributed by atoms with Crippen molar-refractivity contribution in [3.05, 3.63) is 60.2 Å². The zero-order valence-corrected chi connectivity index (χ0v) is 35.5. The molecule has 1 fully saturated rings. The van der Waals surface area contributed by atoms with Gasteiger partial charge in [0.1, 0.15) is 0 Å². The third-order valence-corrected chi connectivity index (χ3v) is 12.0. The quantitative estimate of drug-likeness (QED) is 0.0679. The van der Waals surface area contributed by atoms with Crippen molar-refractivity contribution < 1.29 is 19.1 Å². The Labute approximate surface area is 345 Å². The van der Waals surface area contributed by atoms with Gasteiger partial charge in [0.25, 0.3) is 0 Å². The molecule has 314 valence electrons. The molecule has 57 heavy (non-hydrogen) atoms. The van der Waals surface area contributed by atoms with E-state index in [1.807, 2.05) is 12.1 Å². The van der Waals surface area contributed by atoms with Crippen molar-refractivity contribution in [2.75, 3.05) is 55.7 Å². The number of ether oxygens (including phenoxy) is 2. The summed E-state index contributed by atoms with van der Waals surface area (Å²) in [6.45, 7) is 8.35. The number of aromatic nitrogens is 1. The van der Waals surface area contributed by atoms with Gasteiger partial charge >= 0.3 is 6.09 Å². The predicted molar refractivity (Wildman–Crippen MR) is 237 cm³/mol. The molecule has 0 radical (unpaired) electrons. The second-order valence-corrected chi connectivity index (χ2v) is 16.6. The lowest BCUT2D eigenvalue weighted by Gasteiger charge is -2.36. The number of hydrogen-bond acceptors (Lipinski definition) is 7. The van der Waals surface area contributed by atoms with Crippen LogP contribution in [-0.2, 0) is 16.0 Å². The van der Waals surface area contributed by atoms with Crippen LogP contribution in [-0.4, -0.2) is 67.8 Å². The Kier molecular flexibility index (Phi) is 20.6. The van der Waals surface area contributed by atoms with Crippen molar-refractivity contribution in [3.8, 4) is 5.88 Å². The number of anilines is 2. The van der Waals surface area contributed by atoms with Gasteiger partial charge in [-0.3, -0.25) is 9.69 Å². The molecule has 8 heteroatoms. The lowest BCUT2D eigenvalue weighted by atomic mass is 10.0. The van der Waals surface area contributed by atoms with Crippen LogP contribution in [0.5, 0.6) is 5.88 Å². The Morgan fingerprint density at radius 2 is 1.19 bits per heavy atom. The number of rotatable bonds is 28. The minimum atomic E-state index is -0.621. The first-order valence-electron chi connectivity index (χ1n) is 23.2. The van der Waals surface area contributed by atoms with Gasteiger partial charge in [-0.25, -0.2) is 4.79 Å². The summed E-state index contributed by atoms with van der Waals surface area (Å²) in [4.78, 5) is 36.7. The van der Waals surface area contributed by atoms with Crippen LogP contribution in [0.1, 0.15) is 160 Å². The first-order chi connectivity index (χ1) is 28.1. The Hall–Kier alpha value is -3.65. The second-order valence-electron chi connectivity index (χ2n) is 16.6. The Morgan fingerprint density at radius 1 is 0.614 bits per heavy atom. The minimum absolute atomic E-state index is 0.263. The molecule has 2 aliphatic rings. The number of hydrogen-bond donors (Lipinski definition) is 0. The normalized spacial score (nSPS) is 14.6. The molecule has 3 heterocycles. The number of amides is 2. The first-order valence-corrected chi connectivity index (χ1v) is 23.2. The van der Waals surface area contributed by atoms with Gasteiger partial charge in [0.05, 0.1) is 13.2 Å². The SMILES string of the molecule is CCCCCCCCCCCCCCCCCCCCCCOC(=O)N1C(=O)CCc2ccc(OCCCCN3CCN(c4cccc5ccccc45)CC3)nc21. The highest BCUT2D eigenvalue weighted by atomic mass is 16.6. The predicted octanol–water partition coefficient (Wildman–Crippen LogP) is 12.5. The van der Waals surface area contributed by atoms with Crippen molar-refractivity contribution in [1.82, 2.24) is 9.88 Å². The topological polar surface area (TPSA) is 75.2 Å². The van der Waals surface area contributed by atoms with E-state index in [0.29, 0.717) is 31.3 Å². The fourth-order valence-corrected chi connectivity index (χ4v) is 8.48. The maximum Gasteiger partial charge on any atom is 0.422 e. The molecular weight excluding hydrogens is 709 g/mol. The number of aryl methyl sites for hydroxylation is 1. The molecule has 0 saturated carbocycles. The van der Waals surface area contributed by atoms with Crippen LogP contribution in [0, 0.1) is 0 Å². The molecule has 0 atom stereocenters. The van der Waals surface area contributed by atoms with Gasteiger partial charge in [-0.15, -0.1) is 0 Å². The molecule has 8 nitrogen and oxygen atoms in total. The van der Waals surface area contributed by atoms with Gasteiger partial charge in [-0.05, 0) is 55.3 Å². The smallest absolute Gasteiger partial charge is 0.422 e. The number of fused-ring (bicyclic) bond motifs is 2. The van der Waals surface area contributed by atoms with Crippen LogP contribution < -0.4 is 14.5 Å². The van der Waals surface area contributed by atoms with Gasteiger partial charge < -0.3 is 14.4 Å². The van der Waals surface area contributed by atoms with E-state index in [1.54, 1.807) is 0 Å². The summed E-state index contributed by atoms with van der Waals surface area (Å²) in [6.07, 6.45) is 28.8. The summed E-state index contributed by atoms with van der Waals surface area (Å²) in [5, 5.41) is 2.62.